The molecule has 5 heteroatoms. The molecule has 1 atom stereocenters. The normalized spacial score (nSPS) is 17.9. The summed E-state index contributed by atoms with van der Waals surface area (Å²) in [7, 11) is 0. The molecule has 104 valence electrons. The zero-order valence-electron chi connectivity index (χ0n) is 11.6. The minimum atomic E-state index is 0.312. The van der Waals surface area contributed by atoms with Crippen LogP contribution in [0.25, 0.3) is 0 Å². The van der Waals surface area contributed by atoms with E-state index in [0.29, 0.717) is 11.0 Å². The predicted octanol–water partition coefficient (Wildman–Crippen LogP) is 3.21. The number of nitrogens with two attached hydrogens (primary N) is 1. The Labute approximate surface area is 128 Å². The van der Waals surface area contributed by atoms with Gasteiger partial charge in [0.25, 0.3) is 0 Å². The minimum Gasteiger partial charge on any atom is -0.389 e. The zero-order valence-corrected chi connectivity index (χ0v) is 13.2. The first-order valence-electron chi connectivity index (χ1n) is 6.68. The first-order valence-corrected chi connectivity index (χ1v) is 7.96. The SMILES string of the molecule is Cc1ccnc(N2CCc3sccc3C2C)c1C(N)=S. The molecule has 1 aliphatic rings. The molecule has 3 heterocycles. The summed E-state index contributed by atoms with van der Waals surface area (Å²) in [6.45, 7) is 5.21. The van der Waals surface area contributed by atoms with Crippen LogP contribution in [-0.2, 0) is 6.42 Å². The molecule has 0 aromatic carbocycles. The Hall–Kier alpha value is -1.46. The van der Waals surface area contributed by atoms with E-state index in [1.807, 2.05) is 30.5 Å². The van der Waals surface area contributed by atoms with Crippen molar-refractivity contribution in [2.24, 2.45) is 5.73 Å². The summed E-state index contributed by atoms with van der Waals surface area (Å²) in [5.74, 6) is 0.918. The number of hydrogen-bond donors (Lipinski definition) is 1. The Kier molecular flexibility index (Phi) is 3.48. The standard InChI is InChI=1S/C15H17N3S2/c1-9-3-6-17-15(13(9)14(16)19)18-7-4-12-11(10(18)2)5-8-20-12/h3,5-6,8,10H,4,7H2,1-2H3,(H2,16,19). The maximum atomic E-state index is 5.91. The van der Waals surface area contributed by atoms with Crippen LogP contribution in [0.4, 0.5) is 5.82 Å². The minimum absolute atomic E-state index is 0.312. The summed E-state index contributed by atoms with van der Waals surface area (Å²) in [5, 5.41) is 2.17. The monoisotopic (exact) mass is 303 g/mol. The van der Waals surface area contributed by atoms with Crippen LogP contribution in [0.1, 0.15) is 34.5 Å². The number of hydrogen-bond acceptors (Lipinski definition) is 4. The van der Waals surface area contributed by atoms with E-state index in [9.17, 15) is 0 Å². The van der Waals surface area contributed by atoms with Crippen LogP contribution in [0.2, 0.25) is 0 Å². The van der Waals surface area contributed by atoms with Gasteiger partial charge in [-0.25, -0.2) is 4.98 Å². The third-order valence-electron chi connectivity index (χ3n) is 3.93. The largest absolute Gasteiger partial charge is 0.389 e. The van der Waals surface area contributed by atoms with Gasteiger partial charge in [0, 0.05) is 17.6 Å². The van der Waals surface area contributed by atoms with Crippen molar-refractivity contribution in [2.75, 3.05) is 11.4 Å². The number of fused-ring (bicyclic) bond motifs is 1. The lowest BCUT2D eigenvalue weighted by Gasteiger charge is -2.36. The first kappa shape index (κ1) is 13.5. The lowest BCUT2D eigenvalue weighted by atomic mass is 10.00. The van der Waals surface area contributed by atoms with Crippen molar-refractivity contribution in [1.82, 2.24) is 4.98 Å². The number of pyridine rings is 1. The first-order chi connectivity index (χ1) is 9.59. The molecule has 0 bridgehead atoms. The summed E-state index contributed by atoms with van der Waals surface area (Å²) in [4.78, 5) is 8.78. The highest BCUT2D eigenvalue weighted by Crippen LogP contribution is 2.36. The highest BCUT2D eigenvalue weighted by molar-refractivity contribution is 7.80. The Morgan fingerprint density at radius 2 is 2.30 bits per heavy atom. The maximum Gasteiger partial charge on any atom is 0.139 e. The summed E-state index contributed by atoms with van der Waals surface area (Å²) in [5.41, 5.74) is 9.31. The molecule has 1 aliphatic heterocycles. The fourth-order valence-corrected chi connectivity index (χ4v) is 4.08. The highest BCUT2D eigenvalue weighted by atomic mass is 32.1. The van der Waals surface area contributed by atoms with Crippen LogP contribution >= 0.6 is 23.6 Å². The smallest absolute Gasteiger partial charge is 0.139 e. The van der Waals surface area contributed by atoms with Crippen molar-refractivity contribution in [1.29, 1.82) is 0 Å². The molecule has 2 aromatic rings. The van der Waals surface area contributed by atoms with Crippen molar-refractivity contribution in [3.8, 4) is 0 Å². The van der Waals surface area contributed by atoms with Gasteiger partial charge in [-0.05, 0) is 48.9 Å². The van der Waals surface area contributed by atoms with Crippen molar-refractivity contribution < 1.29 is 0 Å². The quantitative estimate of drug-likeness (QED) is 0.865. The summed E-state index contributed by atoms with van der Waals surface area (Å²) in [6, 6.07) is 4.49. The topological polar surface area (TPSA) is 42.2 Å². The van der Waals surface area contributed by atoms with Crippen LogP contribution < -0.4 is 10.6 Å². The van der Waals surface area contributed by atoms with Gasteiger partial charge in [-0.2, -0.15) is 0 Å². The van der Waals surface area contributed by atoms with Gasteiger partial charge >= 0.3 is 0 Å². The van der Waals surface area contributed by atoms with E-state index < -0.39 is 0 Å². The summed E-state index contributed by atoms with van der Waals surface area (Å²) < 4.78 is 0. The second-order valence-electron chi connectivity index (χ2n) is 5.11. The van der Waals surface area contributed by atoms with Crippen LogP contribution in [0.15, 0.2) is 23.7 Å². The molecule has 0 radical (unpaired) electrons. The molecule has 3 nitrogen and oxygen atoms in total. The van der Waals surface area contributed by atoms with Crippen molar-refractivity contribution in [3.63, 3.8) is 0 Å². The van der Waals surface area contributed by atoms with E-state index in [1.165, 1.54) is 10.4 Å². The molecule has 0 aliphatic carbocycles. The van der Waals surface area contributed by atoms with Crippen molar-refractivity contribution >= 4 is 34.4 Å². The fourth-order valence-electron chi connectivity index (χ4n) is 2.87. The molecule has 3 rings (SSSR count). The van der Waals surface area contributed by atoms with E-state index in [4.69, 9.17) is 18.0 Å². The van der Waals surface area contributed by atoms with Crippen LogP contribution in [-0.4, -0.2) is 16.5 Å². The van der Waals surface area contributed by atoms with Crippen LogP contribution in [0.3, 0.4) is 0 Å². The molecule has 1 unspecified atom stereocenters. The van der Waals surface area contributed by atoms with E-state index in [-0.39, 0.29) is 0 Å². The van der Waals surface area contributed by atoms with Crippen molar-refractivity contribution in [2.45, 2.75) is 26.3 Å². The van der Waals surface area contributed by atoms with Gasteiger partial charge in [-0.15, -0.1) is 11.3 Å². The molecule has 0 amide bonds. The van der Waals surface area contributed by atoms with E-state index in [2.05, 4.69) is 28.3 Å². The lowest BCUT2D eigenvalue weighted by molar-refractivity contribution is 0.624. The molecule has 2 aromatic heterocycles. The van der Waals surface area contributed by atoms with E-state index in [0.717, 1.165) is 29.9 Å². The Morgan fingerprint density at radius 1 is 1.50 bits per heavy atom. The van der Waals surface area contributed by atoms with Gasteiger partial charge in [0.15, 0.2) is 0 Å². The van der Waals surface area contributed by atoms with Gasteiger partial charge in [0.1, 0.15) is 10.8 Å². The van der Waals surface area contributed by atoms with Gasteiger partial charge in [-0.3, -0.25) is 0 Å². The Balaban J connectivity index is 2.07. The van der Waals surface area contributed by atoms with Crippen molar-refractivity contribution in [3.05, 3.63) is 45.3 Å². The number of thiophene rings is 1. The zero-order chi connectivity index (χ0) is 14.3. The third kappa shape index (κ3) is 2.11. The number of nitrogens with zero attached hydrogens (tertiary/aromatic N) is 2. The Morgan fingerprint density at radius 3 is 3.05 bits per heavy atom. The summed E-state index contributed by atoms with van der Waals surface area (Å²) >= 11 is 7.06. The molecular formula is C15H17N3S2. The molecular weight excluding hydrogens is 286 g/mol. The number of rotatable bonds is 2. The van der Waals surface area contributed by atoms with Gasteiger partial charge in [0.2, 0.25) is 0 Å². The van der Waals surface area contributed by atoms with Gasteiger partial charge in [-0.1, -0.05) is 12.2 Å². The number of thiocarbonyl (C=S) groups is 1. The molecule has 0 saturated heterocycles. The van der Waals surface area contributed by atoms with Gasteiger partial charge in [0.05, 0.1) is 11.6 Å². The summed E-state index contributed by atoms with van der Waals surface area (Å²) in [6.07, 6.45) is 2.89. The van der Waals surface area contributed by atoms with Crippen LogP contribution in [0, 0.1) is 6.92 Å². The Bertz CT molecular complexity index is 663. The molecule has 0 saturated carbocycles. The molecule has 20 heavy (non-hydrogen) atoms. The predicted molar refractivity (Wildman–Crippen MR) is 88.6 cm³/mol. The van der Waals surface area contributed by atoms with Gasteiger partial charge < -0.3 is 10.6 Å². The second-order valence-corrected chi connectivity index (χ2v) is 6.55. The molecule has 2 N–H and O–H groups in total. The average Bonchev–Trinajstić information content (AvgIpc) is 2.87. The van der Waals surface area contributed by atoms with Crippen LogP contribution in [0.5, 0.6) is 0 Å². The molecule has 0 fully saturated rings. The number of aryl methyl sites for hydroxylation is 1. The number of anilines is 1. The highest BCUT2D eigenvalue weighted by Gasteiger charge is 2.28. The fraction of sp³-hybridized carbons (Fsp3) is 0.333. The number of aromatic nitrogens is 1. The van der Waals surface area contributed by atoms with E-state index >= 15 is 0 Å². The average molecular weight is 303 g/mol. The van der Waals surface area contributed by atoms with E-state index in [1.54, 1.807) is 0 Å². The third-order valence-corrected chi connectivity index (χ3v) is 5.14. The lowest BCUT2D eigenvalue weighted by Crippen LogP contribution is -2.35. The second kappa shape index (κ2) is 5.14. The maximum absolute atomic E-state index is 5.91. The molecule has 0 spiro atoms.